The zero-order valence-electron chi connectivity index (χ0n) is 28.6. The van der Waals surface area contributed by atoms with E-state index >= 15 is 0 Å². The van der Waals surface area contributed by atoms with E-state index in [2.05, 4.69) is 82.9 Å². The number of fused-ring (bicyclic) bond motifs is 3. The number of ether oxygens (including phenoxy) is 4. The van der Waals surface area contributed by atoms with Gasteiger partial charge in [0.25, 0.3) is 0 Å². The van der Waals surface area contributed by atoms with Crippen LogP contribution in [0.25, 0.3) is 0 Å². The van der Waals surface area contributed by atoms with Gasteiger partial charge < -0.3 is 18.9 Å². The second-order valence-corrected chi connectivity index (χ2v) is 13.3. The number of methoxy groups -OCH3 is 2. The van der Waals surface area contributed by atoms with Crippen LogP contribution in [0.2, 0.25) is 0 Å². The molecule has 240 valence electrons. The van der Waals surface area contributed by atoms with Crippen LogP contribution in [0.3, 0.4) is 0 Å². The molecule has 5 heteroatoms. The fraction of sp³-hybridized carbons (Fsp3) is 0.538. The summed E-state index contributed by atoms with van der Waals surface area (Å²) in [5, 5.41) is 0. The lowest BCUT2D eigenvalue weighted by Gasteiger charge is -2.39. The quantitative estimate of drug-likeness (QED) is 0.202. The number of allylic oxidation sites excluding steroid dienone is 6. The van der Waals surface area contributed by atoms with Crippen molar-refractivity contribution < 1.29 is 18.9 Å². The van der Waals surface area contributed by atoms with Gasteiger partial charge in [0.2, 0.25) is 0 Å². The average molecular weight is 602 g/mol. The van der Waals surface area contributed by atoms with Crippen molar-refractivity contribution in [2.45, 2.75) is 111 Å². The minimum atomic E-state index is -0.146. The normalized spacial score (nSPS) is 18.5. The smallest absolute Gasteiger partial charge is 0.160 e. The maximum Gasteiger partial charge on any atom is 0.160 e. The Labute approximate surface area is 266 Å². The molecule has 4 rings (SSSR count). The highest BCUT2D eigenvalue weighted by atomic mass is 16.5. The van der Waals surface area contributed by atoms with Crippen LogP contribution >= 0.6 is 0 Å². The summed E-state index contributed by atoms with van der Waals surface area (Å²) in [4.78, 5) is 2.38. The van der Waals surface area contributed by atoms with Gasteiger partial charge >= 0.3 is 0 Å². The largest absolute Gasteiger partial charge is 0.493 e. The Hall–Kier alpha value is -3.18. The van der Waals surface area contributed by atoms with Crippen molar-refractivity contribution in [3.05, 3.63) is 81.5 Å². The minimum absolute atomic E-state index is 0.146. The van der Waals surface area contributed by atoms with Crippen molar-refractivity contribution in [2.24, 2.45) is 0 Å². The number of hydrogen-bond acceptors (Lipinski definition) is 5. The average Bonchev–Trinajstić information content (AvgIpc) is 3.00. The van der Waals surface area contributed by atoms with Gasteiger partial charge in [0, 0.05) is 24.2 Å². The molecule has 2 heterocycles. The molecular weight excluding hydrogens is 546 g/mol. The third kappa shape index (κ3) is 9.17. The first kappa shape index (κ1) is 33.7. The third-order valence-electron chi connectivity index (χ3n) is 9.13. The van der Waals surface area contributed by atoms with Gasteiger partial charge in [-0.15, -0.1) is 0 Å². The molecule has 0 spiro atoms. The Morgan fingerprint density at radius 3 is 2.32 bits per heavy atom. The van der Waals surface area contributed by atoms with Gasteiger partial charge in [0.15, 0.2) is 11.5 Å². The Kier molecular flexibility index (Phi) is 12.0. The van der Waals surface area contributed by atoms with E-state index < -0.39 is 0 Å². The van der Waals surface area contributed by atoms with Crippen LogP contribution in [0.4, 0.5) is 0 Å². The SMILES string of the molecule is COc1ccc(CCN2COc3cc(C)c4c(c3C2)CC[C@@](C)(CC/C=C(\C)CC/C=C(\C)CCC=C(C)C)O4)cc1OC. The Bertz CT molecular complexity index is 1370. The number of aryl methyl sites for hydroxylation is 1. The lowest BCUT2D eigenvalue weighted by molar-refractivity contribution is 0.0526. The number of benzene rings is 2. The standard InChI is InChI=1S/C39H55NO4/c1-28(2)12-9-13-29(3)14-10-15-30(4)16-11-21-39(6)22-19-33-34-26-40(27-43-36(34)24-31(5)38(33)44-39)23-20-32-17-18-35(41-7)37(25-32)42-8/h12,14,16-18,24-25H,9-11,13,15,19-23,26-27H2,1-8H3/b29-14+,30-16+/t39-/m1/s1. The molecule has 0 unspecified atom stereocenters. The van der Waals surface area contributed by atoms with Crippen LogP contribution in [-0.4, -0.2) is 38.0 Å². The summed E-state index contributed by atoms with van der Waals surface area (Å²) >= 11 is 0. The molecule has 1 atom stereocenters. The summed E-state index contributed by atoms with van der Waals surface area (Å²) in [5.74, 6) is 3.64. The molecule has 0 fully saturated rings. The highest BCUT2D eigenvalue weighted by Gasteiger charge is 2.35. The molecule has 0 saturated heterocycles. The molecule has 5 nitrogen and oxygen atoms in total. The molecule has 0 radical (unpaired) electrons. The van der Waals surface area contributed by atoms with Crippen molar-refractivity contribution in [1.29, 1.82) is 0 Å². The van der Waals surface area contributed by atoms with E-state index in [1.807, 2.05) is 6.07 Å². The first-order chi connectivity index (χ1) is 21.1. The van der Waals surface area contributed by atoms with Crippen LogP contribution in [-0.2, 0) is 19.4 Å². The molecule has 2 aliphatic rings. The highest BCUT2D eigenvalue weighted by Crippen LogP contribution is 2.44. The molecular formula is C39H55NO4. The van der Waals surface area contributed by atoms with Gasteiger partial charge in [-0.1, -0.05) is 41.0 Å². The summed E-state index contributed by atoms with van der Waals surface area (Å²) in [6.45, 7) is 15.7. The lowest BCUT2D eigenvalue weighted by atomic mass is 9.85. The van der Waals surface area contributed by atoms with Crippen LogP contribution in [0.1, 0.15) is 102 Å². The molecule has 0 saturated carbocycles. The minimum Gasteiger partial charge on any atom is -0.493 e. The van der Waals surface area contributed by atoms with Crippen LogP contribution in [0.15, 0.2) is 59.2 Å². The Balaban J connectivity index is 1.31. The monoisotopic (exact) mass is 601 g/mol. The van der Waals surface area contributed by atoms with Crippen LogP contribution in [0, 0.1) is 6.92 Å². The van der Waals surface area contributed by atoms with E-state index in [4.69, 9.17) is 18.9 Å². The maximum atomic E-state index is 6.83. The van der Waals surface area contributed by atoms with Crippen molar-refractivity contribution in [3.63, 3.8) is 0 Å². The van der Waals surface area contributed by atoms with Crippen LogP contribution < -0.4 is 18.9 Å². The summed E-state index contributed by atoms with van der Waals surface area (Å²) in [7, 11) is 3.35. The Morgan fingerprint density at radius 2 is 1.61 bits per heavy atom. The van der Waals surface area contributed by atoms with Crippen molar-refractivity contribution in [1.82, 2.24) is 4.90 Å². The molecule has 0 aromatic heterocycles. The van der Waals surface area contributed by atoms with Gasteiger partial charge in [0.1, 0.15) is 23.8 Å². The number of hydrogen-bond donors (Lipinski definition) is 0. The predicted molar refractivity (Wildman–Crippen MR) is 182 cm³/mol. The van der Waals surface area contributed by atoms with E-state index in [0.29, 0.717) is 6.73 Å². The topological polar surface area (TPSA) is 40.2 Å². The molecule has 0 bridgehead atoms. The zero-order valence-corrected chi connectivity index (χ0v) is 28.6. The third-order valence-corrected chi connectivity index (χ3v) is 9.13. The van der Waals surface area contributed by atoms with Crippen molar-refractivity contribution in [2.75, 3.05) is 27.5 Å². The fourth-order valence-electron chi connectivity index (χ4n) is 6.30. The molecule has 2 aromatic carbocycles. The first-order valence-electron chi connectivity index (χ1n) is 16.5. The summed E-state index contributed by atoms with van der Waals surface area (Å²) in [5.41, 5.74) is 9.29. The van der Waals surface area contributed by atoms with Gasteiger partial charge in [-0.25, -0.2) is 0 Å². The molecule has 0 N–H and O–H groups in total. The first-order valence-corrected chi connectivity index (χ1v) is 16.5. The van der Waals surface area contributed by atoms with Gasteiger partial charge in [-0.05, 0) is 129 Å². The highest BCUT2D eigenvalue weighted by molar-refractivity contribution is 5.55. The summed E-state index contributed by atoms with van der Waals surface area (Å²) in [6.07, 6.45) is 16.8. The molecule has 2 aromatic rings. The van der Waals surface area contributed by atoms with E-state index in [1.54, 1.807) is 14.2 Å². The maximum absolute atomic E-state index is 6.83. The number of nitrogens with zero attached hydrogens (tertiary/aromatic N) is 1. The molecule has 2 aliphatic heterocycles. The van der Waals surface area contributed by atoms with Gasteiger partial charge in [-0.2, -0.15) is 0 Å². The van der Waals surface area contributed by atoms with E-state index in [9.17, 15) is 0 Å². The van der Waals surface area contributed by atoms with Gasteiger partial charge in [-0.3, -0.25) is 4.90 Å². The number of rotatable bonds is 14. The second kappa shape index (κ2) is 15.7. The predicted octanol–water partition coefficient (Wildman–Crippen LogP) is 9.69. The second-order valence-electron chi connectivity index (χ2n) is 13.3. The molecule has 44 heavy (non-hydrogen) atoms. The van der Waals surface area contributed by atoms with E-state index in [0.717, 1.165) is 93.9 Å². The van der Waals surface area contributed by atoms with Gasteiger partial charge in [0.05, 0.1) is 14.2 Å². The molecule has 0 amide bonds. The van der Waals surface area contributed by atoms with E-state index in [-0.39, 0.29) is 5.60 Å². The fourth-order valence-corrected chi connectivity index (χ4v) is 6.30. The van der Waals surface area contributed by atoms with Crippen molar-refractivity contribution >= 4 is 0 Å². The molecule has 0 aliphatic carbocycles. The van der Waals surface area contributed by atoms with E-state index in [1.165, 1.54) is 39.0 Å². The zero-order chi connectivity index (χ0) is 31.7. The van der Waals surface area contributed by atoms with Crippen LogP contribution in [0.5, 0.6) is 23.0 Å². The summed E-state index contributed by atoms with van der Waals surface area (Å²) in [6, 6.07) is 8.35. The Morgan fingerprint density at radius 1 is 0.909 bits per heavy atom. The summed E-state index contributed by atoms with van der Waals surface area (Å²) < 4.78 is 24.0. The van der Waals surface area contributed by atoms with Crippen molar-refractivity contribution in [3.8, 4) is 23.0 Å². The lowest BCUT2D eigenvalue weighted by Crippen LogP contribution is -2.39.